The smallest absolute Gasteiger partial charge is 0.194 e. The minimum Gasteiger partial charge on any atom is -0.330 e. The lowest BCUT2D eigenvalue weighted by atomic mass is 9.93. The number of benzene rings is 1. The summed E-state index contributed by atoms with van der Waals surface area (Å²) in [6.45, 7) is 5.35. The van der Waals surface area contributed by atoms with E-state index in [1.165, 1.54) is 0 Å². The zero-order chi connectivity index (χ0) is 14.2. The van der Waals surface area contributed by atoms with Gasteiger partial charge in [-0.1, -0.05) is 0 Å². The lowest BCUT2D eigenvalue weighted by Crippen LogP contribution is -2.33. The Morgan fingerprint density at radius 3 is 2.32 bits per heavy atom. The Morgan fingerprint density at radius 2 is 1.84 bits per heavy atom. The molecule has 1 heterocycles. The number of hydrogen-bond donors (Lipinski definition) is 1. The van der Waals surface area contributed by atoms with Crippen LogP contribution in [0.1, 0.15) is 31.9 Å². The number of nitrogens with two attached hydrogens (primary N) is 1. The van der Waals surface area contributed by atoms with Crippen LogP contribution >= 0.6 is 0 Å². The van der Waals surface area contributed by atoms with E-state index in [-0.39, 0.29) is 18.0 Å². The number of nitrogens with zero attached hydrogens (tertiary/aromatic N) is 1. The molecule has 0 spiro atoms. The molecule has 2 N–H and O–H groups in total. The fourth-order valence-electron chi connectivity index (χ4n) is 2.92. The first-order valence-corrected chi connectivity index (χ1v) is 6.56. The Hall–Kier alpha value is -1.07. The van der Waals surface area contributed by atoms with Gasteiger partial charge in [-0.3, -0.25) is 4.90 Å². The number of rotatable bonds is 3. The molecule has 1 aromatic rings. The summed E-state index contributed by atoms with van der Waals surface area (Å²) in [5, 5.41) is 0. The summed E-state index contributed by atoms with van der Waals surface area (Å²) >= 11 is 0. The monoisotopic (exact) mass is 272 g/mol. The van der Waals surface area contributed by atoms with Crippen LogP contribution in [0.2, 0.25) is 0 Å². The van der Waals surface area contributed by atoms with Crippen molar-refractivity contribution in [3.63, 3.8) is 0 Å². The molecule has 1 aromatic carbocycles. The maximum atomic E-state index is 13.4. The second-order valence-electron chi connectivity index (χ2n) is 5.36. The van der Waals surface area contributed by atoms with E-state index < -0.39 is 17.5 Å². The Labute approximate surface area is 111 Å². The van der Waals surface area contributed by atoms with Crippen molar-refractivity contribution in [1.82, 2.24) is 4.90 Å². The summed E-state index contributed by atoms with van der Waals surface area (Å²) < 4.78 is 39.8. The summed E-state index contributed by atoms with van der Waals surface area (Å²) in [6.07, 6.45) is 0.889. The molecule has 1 aliphatic rings. The first kappa shape index (κ1) is 14.3. The maximum absolute atomic E-state index is 13.4. The van der Waals surface area contributed by atoms with E-state index >= 15 is 0 Å². The molecular formula is C14H19F3N2. The Kier molecular flexibility index (Phi) is 4.16. The fourth-order valence-corrected chi connectivity index (χ4v) is 2.92. The van der Waals surface area contributed by atoms with Gasteiger partial charge in [0, 0.05) is 12.1 Å². The van der Waals surface area contributed by atoms with E-state index in [9.17, 15) is 13.2 Å². The van der Waals surface area contributed by atoms with Crippen LogP contribution in [0, 0.1) is 23.4 Å². The largest absolute Gasteiger partial charge is 0.330 e. The summed E-state index contributed by atoms with van der Waals surface area (Å²) in [7, 11) is 0. The Morgan fingerprint density at radius 1 is 1.26 bits per heavy atom. The van der Waals surface area contributed by atoms with Crippen molar-refractivity contribution in [3.05, 3.63) is 35.1 Å². The van der Waals surface area contributed by atoms with Gasteiger partial charge in [0.1, 0.15) is 0 Å². The van der Waals surface area contributed by atoms with Crippen molar-refractivity contribution in [2.24, 2.45) is 11.7 Å². The van der Waals surface area contributed by atoms with Gasteiger partial charge in [0.15, 0.2) is 17.5 Å². The highest BCUT2D eigenvalue weighted by atomic mass is 19.2. The molecule has 0 radical (unpaired) electrons. The van der Waals surface area contributed by atoms with Crippen molar-refractivity contribution in [1.29, 1.82) is 0 Å². The highest BCUT2D eigenvalue weighted by molar-refractivity contribution is 5.25. The van der Waals surface area contributed by atoms with E-state index in [4.69, 9.17) is 5.73 Å². The summed E-state index contributed by atoms with van der Waals surface area (Å²) in [6, 6.07) is 2.28. The van der Waals surface area contributed by atoms with Gasteiger partial charge in [0.25, 0.3) is 0 Å². The maximum Gasteiger partial charge on any atom is 0.194 e. The number of likely N-dealkylation sites (tertiary alicyclic amines) is 1. The second-order valence-corrected chi connectivity index (χ2v) is 5.36. The minimum atomic E-state index is -1.41. The first-order valence-electron chi connectivity index (χ1n) is 6.56. The predicted molar refractivity (Wildman–Crippen MR) is 68.1 cm³/mol. The van der Waals surface area contributed by atoms with E-state index in [0.29, 0.717) is 12.1 Å². The van der Waals surface area contributed by atoms with Crippen molar-refractivity contribution in [2.75, 3.05) is 13.1 Å². The molecule has 2 atom stereocenters. The van der Waals surface area contributed by atoms with Crippen molar-refractivity contribution < 1.29 is 13.2 Å². The van der Waals surface area contributed by atoms with E-state index in [1.807, 2.05) is 13.8 Å². The van der Waals surface area contributed by atoms with Gasteiger partial charge in [0.2, 0.25) is 0 Å². The quantitative estimate of drug-likeness (QED) is 0.857. The van der Waals surface area contributed by atoms with E-state index in [0.717, 1.165) is 25.1 Å². The average molecular weight is 272 g/mol. The molecule has 5 heteroatoms. The van der Waals surface area contributed by atoms with Crippen LogP contribution in [-0.4, -0.2) is 24.0 Å². The Balaban J connectivity index is 2.41. The van der Waals surface area contributed by atoms with Crippen LogP contribution in [0.5, 0.6) is 0 Å². The SMILES string of the molecule is CC(C)N1CCC(CN)C1c1cc(F)c(F)c(F)c1. The van der Waals surface area contributed by atoms with Crippen molar-refractivity contribution in [2.45, 2.75) is 32.4 Å². The van der Waals surface area contributed by atoms with Crippen molar-refractivity contribution in [3.8, 4) is 0 Å². The highest BCUT2D eigenvalue weighted by Gasteiger charge is 2.36. The van der Waals surface area contributed by atoms with Gasteiger partial charge >= 0.3 is 0 Å². The highest BCUT2D eigenvalue weighted by Crippen LogP contribution is 2.38. The minimum absolute atomic E-state index is 0.144. The topological polar surface area (TPSA) is 29.3 Å². The molecule has 0 bridgehead atoms. The van der Waals surface area contributed by atoms with E-state index in [2.05, 4.69) is 4.90 Å². The second kappa shape index (κ2) is 5.51. The molecule has 2 nitrogen and oxygen atoms in total. The zero-order valence-corrected chi connectivity index (χ0v) is 11.2. The molecule has 1 saturated heterocycles. The summed E-state index contributed by atoms with van der Waals surface area (Å²) in [5.74, 6) is -3.54. The molecule has 0 amide bonds. The van der Waals surface area contributed by atoms with Gasteiger partial charge in [0.05, 0.1) is 0 Å². The molecule has 2 rings (SSSR count). The third kappa shape index (κ3) is 2.62. The molecule has 1 fully saturated rings. The lowest BCUT2D eigenvalue weighted by Gasteiger charge is -2.31. The number of hydrogen-bond acceptors (Lipinski definition) is 2. The normalized spacial score (nSPS) is 24.4. The van der Waals surface area contributed by atoms with Gasteiger partial charge < -0.3 is 5.73 Å². The molecule has 0 saturated carbocycles. The third-order valence-corrected chi connectivity index (χ3v) is 3.88. The molecule has 1 aliphatic heterocycles. The first-order chi connectivity index (χ1) is 8.95. The van der Waals surface area contributed by atoms with Crippen LogP contribution in [0.3, 0.4) is 0 Å². The van der Waals surface area contributed by atoms with Crippen LogP contribution in [0.4, 0.5) is 13.2 Å². The van der Waals surface area contributed by atoms with Gasteiger partial charge in [-0.05, 0) is 57.0 Å². The lowest BCUT2D eigenvalue weighted by molar-refractivity contribution is 0.183. The van der Waals surface area contributed by atoms with Crippen LogP contribution < -0.4 is 5.73 Å². The standard InChI is InChI=1S/C14H19F3N2/c1-8(2)19-4-3-9(7-18)14(19)10-5-11(15)13(17)12(16)6-10/h5-6,8-9,14H,3-4,7,18H2,1-2H3. The summed E-state index contributed by atoms with van der Waals surface area (Å²) in [4.78, 5) is 2.16. The van der Waals surface area contributed by atoms with Gasteiger partial charge in [-0.25, -0.2) is 13.2 Å². The molecule has 106 valence electrons. The summed E-state index contributed by atoms with van der Waals surface area (Å²) in [5.41, 5.74) is 6.21. The van der Waals surface area contributed by atoms with Gasteiger partial charge in [-0.2, -0.15) is 0 Å². The van der Waals surface area contributed by atoms with Crippen molar-refractivity contribution >= 4 is 0 Å². The van der Waals surface area contributed by atoms with Gasteiger partial charge in [-0.15, -0.1) is 0 Å². The number of halogens is 3. The third-order valence-electron chi connectivity index (χ3n) is 3.88. The molecule has 2 unspecified atom stereocenters. The molecule has 0 aromatic heterocycles. The average Bonchev–Trinajstić information content (AvgIpc) is 2.79. The molecular weight excluding hydrogens is 253 g/mol. The molecule has 19 heavy (non-hydrogen) atoms. The predicted octanol–water partition coefficient (Wildman–Crippen LogP) is 2.83. The Bertz CT molecular complexity index is 439. The van der Waals surface area contributed by atoms with Crippen LogP contribution in [0.25, 0.3) is 0 Å². The molecule has 0 aliphatic carbocycles. The zero-order valence-electron chi connectivity index (χ0n) is 11.2. The van der Waals surface area contributed by atoms with E-state index in [1.54, 1.807) is 0 Å². The fraction of sp³-hybridized carbons (Fsp3) is 0.571. The van der Waals surface area contributed by atoms with Crippen LogP contribution in [-0.2, 0) is 0 Å². The van der Waals surface area contributed by atoms with Crippen LogP contribution in [0.15, 0.2) is 12.1 Å².